The fraction of sp³-hybridized carbons (Fsp3) is 0.710. The molecule has 0 aromatic heterocycles. The lowest BCUT2D eigenvalue weighted by atomic mass is 9.43. The number of carbonyl (C=O) groups excluding carboxylic acids is 3. The predicted molar refractivity (Wildman–Crippen MR) is 154 cm³/mol. The lowest BCUT2D eigenvalue weighted by Crippen LogP contribution is -2.65. The molecule has 4 fully saturated rings. The SMILES string of the molecule is COc1c(CC(NC(=O)CCC(C)(F)F)B2OC3CC4CC(C4(C)C)C3(C)O2)cccc1C(=O)OCOC(=O)C(C)(C)C. The summed E-state index contributed by atoms with van der Waals surface area (Å²) < 4.78 is 55.9. The minimum atomic E-state index is -2.98. The maximum atomic E-state index is 13.5. The van der Waals surface area contributed by atoms with Crippen LogP contribution in [0.3, 0.4) is 0 Å². The van der Waals surface area contributed by atoms with Crippen LogP contribution in [0.2, 0.25) is 0 Å². The van der Waals surface area contributed by atoms with Gasteiger partial charge in [0.05, 0.1) is 30.2 Å². The molecule has 1 aromatic carbocycles. The van der Waals surface area contributed by atoms with E-state index >= 15 is 0 Å². The second-order valence-corrected chi connectivity index (χ2v) is 14.0. The fourth-order valence-corrected chi connectivity index (χ4v) is 6.71. The van der Waals surface area contributed by atoms with E-state index in [2.05, 4.69) is 26.1 Å². The second kappa shape index (κ2) is 12.0. The molecule has 0 radical (unpaired) electrons. The van der Waals surface area contributed by atoms with Crippen molar-refractivity contribution < 1.29 is 46.7 Å². The van der Waals surface area contributed by atoms with Crippen molar-refractivity contribution in [2.24, 2.45) is 22.7 Å². The molecular formula is C31H44BF2NO8. The summed E-state index contributed by atoms with van der Waals surface area (Å²) in [6.45, 7) is 11.8. The quantitative estimate of drug-likeness (QED) is 0.210. The average molecular weight is 608 g/mol. The fourth-order valence-electron chi connectivity index (χ4n) is 6.71. The van der Waals surface area contributed by atoms with Gasteiger partial charge in [-0.3, -0.25) is 9.59 Å². The predicted octanol–water partition coefficient (Wildman–Crippen LogP) is 5.13. The zero-order chi connectivity index (χ0) is 32.0. The highest BCUT2D eigenvalue weighted by molar-refractivity contribution is 6.48. The molecule has 1 amide bonds. The minimum Gasteiger partial charge on any atom is -0.496 e. The van der Waals surface area contributed by atoms with Crippen molar-refractivity contribution in [3.8, 4) is 5.75 Å². The van der Waals surface area contributed by atoms with E-state index in [4.69, 9.17) is 23.5 Å². The van der Waals surface area contributed by atoms with E-state index < -0.39 is 61.1 Å². The number of carbonyl (C=O) groups is 3. The van der Waals surface area contributed by atoms with Gasteiger partial charge in [-0.15, -0.1) is 0 Å². The normalized spacial score (nSPS) is 26.6. The zero-order valence-corrected chi connectivity index (χ0v) is 26.4. The van der Waals surface area contributed by atoms with Crippen LogP contribution < -0.4 is 10.1 Å². The lowest BCUT2D eigenvalue weighted by Gasteiger charge is -2.64. The van der Waals surface area contributed by atoms with Crippen LogP contribution >= 0.6 is 0 Å². The minimum absolute atomic E-state index is 0.0963. The molecule has 238 valence electrons. The highest BCUT2D eigenvalue weighted by Gasteiger charge is 2.68. The molecule has 0 spiro atoms. The van der Waals surface area contributed by atoms with Gasteiger partial charge in [-0.1, -0.05) is 26.0 Å². The van der Waals surface area contributed by atoms with Crippen LogP contribution in [0.25, 0.3) is 0 Å². The van der Waals surface area contributed by atoms with Gasteiger partial charge in [0.1, 0.15) is 11.3 Å². The van der Waals surface area contributed by atoms with Crippen molar-refractivity contribution in [1.82, 2.24) is 5.32 Å². The second-order valence-electron chi connectivity index (χ2n) is 14.0. The van der Waals surface area contributed by atoms with Crippen molar-refractivity contribution in [3.05, 3.63) is 29.3 Å². The molecule has 5 rings (SSSR count). The third-order valence-corrected chi connectivity index (χ3v) is 9.39. The van der Waals surface area contributed by atoms with E-state index in [9.17, 15) is 23.2 Å². The highest BCUT2D eigenvalue weighted by Crippen LogP contribution is 2.65. The maximum absolute atomic E-state index is 13.5. The Morgan fingerprint density at radius 3 is 2.42 bits per heavy atom. The number of amides is 1. The number of alkyl halides is 2. The molecule has 2 bridgehead atoms. The van der Waals surface area contributed by atoms with Gasteiger partial charge in [-0.2, -0.15) is 0 Å². The Kier molecular flexibility index (Phi) is 9.25. The van der Waals surface area contributed by atoms with Gasteiger partial charge in [-0.25, -0.2) is 13.6 Å². The van der Waals surface area contributed by atoms with Gasteiger partial charge in [0.2, 0.25) is 18.6 Å². The molecule has 1 saturated heterocycles. The Bertz CT molecular complexity index is 1230. The molecule has 1 heterocycles. The smallest absolute Gasteiger partial charge is 0.482 e. The van der Waals surface area contributed by atoms with Crippen molar-refractivity contribution >= 4 is 25.0 Å². The van der Waals surface area contributed by atoms with Crippen LogP contribution in [0.1, 0.15) is 90.1 Å². The number of ether oxygens (including phenoxy) is 3. The van der Waals surface area contributed by atoms with Gasteiger partial charge in [0, 0.05) is 12.8 Å². The van der Waals surface area contributed by atoms with Crippen LogP contribution in [0.15, 0.2) is 18.2 Å². The number of hydrogen-bond donors (Lipinski definition) is 1. The topological polar surface area (TPSA) is 109 Å². The van der Waals surface area contributed by atoms with E-state index in [1.165, 1.54) is 13.2 Å². The molecule has 1 aromatic rings. The number of hydrogen-bond acceptors (Lipinski definition) is 8. The number of rotatable bonds is 11. The molecule has 9 nitrogen and oxygen atoms in total. The van der Waals surface area contributed by atoms with Crippen molar-refractivity contribution in [1.29, 1.82) is 0 Å². The molecule has 4 aliphatic rings. The molecule has 5 atom stereocenters. The van der Waals surface area contributed by atoms with E-state index in [0.29, 0.717) is 11.5 Å². The molecule has 3 aliphatic carbocycles. The number of nitrogens with one attached hydrogen (secondary N) is 1. The number of benzene rings is 1. The lowest BCUT2D eigenvalue weighted by molar-refractivity contribution is -0.199. The number of halogens is 2. The highest BCUT2D eigenvalue weighted by atomic mass is 19.3. The van der Waals surface area contributed by atoms with Crippen molar-refractivity contribution in [3.63, 3.8) is 0 Å². The summed E-state index contributed by atoms with van der Waals surface area (Å²) in [5.41, 5.74) is -0.562. The Morgan fingerprint density at radius 2 is 1.81 bits per heavy atom. The Morgan fingerprint density at radius 1 is 1.12 bits per heavy atom. The molecule has 1 N–H and O–H groups in total. The zero-order valence-electron chi connectivity index (χ0n) is 26.4. The van der Waals surface area contributed by atoms with Gasteiger partial charge >= 0.3 is 19.1 Å². The standard InChI is InChI=1S/C31H44BF2NO8/c1-28(2,3)27(38)41-17-40-26(37)20-11-9-10-18(25(20)39-8)14-23(35-24(36)12-13-30(6,33)34)32-42-22-16-19-15-21(29(19,4)5)31(22,7)43-32/h9-11,19,21-23H,12-17H2,1-8H3,(H,35,36). The average Bonchev–Trinajstić information content (AvgIpc) is 3.27. The Labute approximate surface area is 252 Å². The van der Waals surface area contributed by atoms with Gasteiger partial charge in [0.15, 0.2) is 0 Å². The molecule has 1 aliphatic heterocycles. The van der Waals surface area contributed by atoms with Crippen LogP contribution in [0.4, 0.5) is 8.78 Å². The Balaban J connectivity index is 1.54. The van der Waals surface area contributed by atoms with Crippen LogP contribution in [0, 0.1) is 22.7 Å². The van der Waals surface area contributed by atoms with E-state index in [1.807, 2.05) is 0 Å². The maximum Gasteiger partial charge on any atom is 0.482 e. The summed E-state index contributed by atoms with van der Waals surface area (Å²) in [4.78, 5) is 37.9. The van der Waals surface area contributed by atoms with Crippen molar-refractivity contribution in [2.45, 2.75) is 104 Å². The van der Waals surface area contributed by atoms with Gasteiger partial charge in [-0.05, 0) is 82.8 Å². The summed E-state index contributed by atoms with van der Waals surface area (Å²) in [5.74, 6) is -4.58. The number of para-hydroxylation sites is 1. The third-order valence-electron chi connectivity index (χ3n) is 9.39. The first-order valence-electron chi connectivity index (χ1n) is 14.9. The first-order chi connectivity index (χ1) is 19.9. The molecule has 3 saturated carbocycles. The monoisotopic (exact) mass is 607 g/mol. The van der Waals surface area contributed by atoms with Crippen LogP contribution in [-0.2, 0) is 34.8 Å². The molecule has 43 heavy (non-hydrogen) atoms. The summed E-state index contributed by atoms with van der Waals surface area (Å²) in [6.07, 6.45) is 0.879. The summed E-state index contributed by atoms with van der Waals surface area (Å²) in [6, 6.07) is 4.89. The van der Waals surface area contributed by atoms with E-state index in [-0.39, 0.29) is 41.6 Å². The molecule has 5 unspecified atom stereocenters. The van der Waals surface area contributed by atoms with Crippen molar-refractivity contribution in [2.75, 3.05) is 13.9 Å². The first-order valence-corrected chi connectivity index (χ1v) is 14.9. The Hall–Kier alpha value is -2.73. The van der Waals surface area contributed by atoms with Gasteiger partial charge < -0.3 is 28.8 Å². The first kappa shape index (κ1) is 33.2. The summed E-state index contributed by atoms with van der Waals surface area (Å²) >= 11 is 0. The summed E-state index contributed by atoms with van der Waals surface area (Å²) in [7, 11) is 0.563. The van der Waals surface area contributed by atoms with Crippen LogP contribution in [0.5, 0.6) is 5.75 Å². The third kappa shape index (κ3) is 7.00. The van der Waals surface area contributed by atoms with Crippen LogP contribution in [-0.4, -0.2) is 62.4 Å². The van der Waals surface area contributed by atoms with E-state index in [0.717, 1.165) is 19.8 Å². The van der Waals surface area contributed by atoms with E-state index in [1.54, 1.807) is 32.9 Å². The number of esters is 2. The summed E-state index contributed by atoms with van der Waals surface area (Å²) in [5, 5.41) is 2.87. The molecular weight excluding hydrogens is 563 g/mol. The van der Waals surface area contributed by atoms with Gasteiger partial charge in [0.25, 0.3) is 0 Å². The number of methoxy groups -OCH3 is 1. The molecule has 12 heteroatoms. The largest absolute Gasteiger partial charge is 0.496 e.